The molecule has 0 amide bonds. The van der Waals surface area contributed by atoms with Crippen LogP contribution >= 0.6 is 11.6 Å². The van der Waals surface area contributed by atoms with Crippen molar-refractivity contribution in [1.82, 2.24) is 25.1 Å². The fraction of sp³-hybridized carbons (Fsp3) is 0.417. The van der Waals surface area contributed by atoms with Gasteiger partial charge in [0.2, 0.25) is 15.0 Å². The molecule has 2 aromatic rings. The van der Waals surface area contributed by atoms with Gasteiger partial charge in [-0.25, -0.2) is 18.4 Å². The maximum Gasteiger partial charge on any atom is 0.246 e. The molecular weight excluding hydrogens is 314 g/mol. The number of hydrogen-bond donors (Lipinski definition) is 1. The normalized spacial score (nSPS) is 15.9. The molecule has 112 valence electrons. The molecule has 0 radical (unpaired) electrons. The minimum Gasteiger partial charge on any atom is -0.293 e. The number of aromatic nitrogens is 4. The van der Waals surface area contributed by atoms with Crippen molar-refractivity contribution in [3.05, 3.63) is 34.4 Å². The van der Waals surface area contributed by atoms with Crippen LogP contribution in [-0.2, 0) is 29.3 Å². The SMILES string of the molecule is CS(=O)(=O)c1ncc2c(n1)CCN(Cc1[nH]ncc1Cl)C2. The average Bonchev–Trinajstić information content (AvgIpc) is 2.82. The first kappa shape index (κ1) is 14.4. The van der Waals surface area contributed by atoms with Crippen LogP contribution in [0.15, 0.2) is 17.6 Å². The van der Waals surface area contributed by atoms with Gasteiger partial charge in [-0.05, 0) is 0 Å². The van der Waals surface area contributed by atoms with E-state index in [0.717, 1.165) is 29.8 Å². The van der Waals surface area contributed by atoms with Crippen LogP contribution in [0.5, 0.6) is 0 Å². The molecule has 3 rings (SSSR count). The van der Waals surface area contributed by atoms with Crippen molar-refractivity contribution in [2.24, 2.45) is 0 Å². The highest BCUT2D eigenvalue weighted by Gasteiger charge is 2.21. The number of hydrogen-bond acceptors (Lipinski definition) is 6. The second-order valence-electron chi connectivity index (χ2n) is 5.05. The van der Waals surface area contributed by atoms with Crippen LogP contribution in [0.3, 0.4) is 0 Å². The van der Waals surface area contributed by atoms with Crippen molar-refractivity contribution in [2.75, 3.05) is 12.8 Å². The second-order valence-corrected chi connectivity index (χ2v) is 7.37. The number of H-pyrrole nitrogens is 1. The first-order valence-electron chi connectivity index (χ1n) is 6.38. The summed E-state index contributed by atoms with van der Waals surface area (Å²) in [6.45, 7) is 2.10. The first-order chi connectivity index (χ1) is 9.93. The van der Waals surface area contributed by atoms with E-state index in [2.05, 4.69) is 25.1 Å². The van der Waals surface area contributed by atoms with E-state index in [1.54, 1.807) is 12.4 Å². The summed E-state index contributed by atoms with van der Waals surface area (Å²) in [6.07, 6.45) is 4.98. The Labute approximate surface area is 127 Å². The Morgan fingerprint density at radius 2 is 2.24 bits per heavy atom. The molecule has 0 saturated heterocycles. The number of nitrogens with one attached hydrogen (secondary N) is 1. The molecule has 0 aliphatic carbocycles. The van der Waals surface area contributed by atoms with Gasteiger partial charge in [0.1, 0.15) is 0 Å². The van der Waals surface area contributed by atoms with Gasteiger partial charge in [-0.15, -0.1) is 0 Å². The van der Waals surface area contributed by atoms with E-state index in [1.807, 2.05) is 0 Å². The van der Waals surface area contributed by atoms with Gasteiger partial charge < -0.3 is 0 Å². The van der Waals surface area contributed by atoms with Gasteiger partial charge in [0.05, 0.1) is 22.6 Å². The molecule has 1 aliphatic rings. The van der Waals surface area contributed by atoms with Gasteiger partial charge in [0.25, 0.3) is 0 Å². The van der Waals surface area contributed by atoms with Gasteiger partial charge >= 0.3 is 0 Å². The molecule has 0 atom stereocenters. The van der Waals surface area contributed by atoms with E-state index < -0.39 is 9.84 Å². The van der Waals surface area contributed by atoms with Crippen molar-refractivity contribution < 1.29 is 8.42 Å². The van der Waals surface area contributed by atoms with E-state index in [1.165, 1.54) is 0 Å². The van der Waals surface area contributed by atoms with Crippen LogP contribution in [0.2, 0.25) is 5.02 Å². The minimum absolute atomic E-state index is 0.105. The van der Waals surface area contributed by atoms with E-state index >= 15 is 0 Å². The van der Waals surface area contributed by atoms with E-state index in [9.17, 15) is 8.42 Å². The first-order valence-corrected chi connectivity index (χ1v) is 8.65. The predicted octanol–water partition coefficient (Wildman–Crippen LogP) is 0.815. The van der Waals surface area contributed by atoms with Crippen LogP contribution in [0, 0.1) is 0 Å². The van der Waals surface area contributed by atoms with Crippen molar-refractivity contribution in [3.8, 4) is 0 Å². The molecule has 0 saturated carbocycles. The standard InChI is InChI=1S/C12H14ClN5O2S/c1-21(19,20)12-14-4-8-6-18(3-2-10(8)16-12)7-11-9(13)5-15-17-11/h4-5H,2-3,6-7H2,1H3,(H,15,17). The largest absolute Gasteiger partial charge is 0.293 e. The molecule has 0 spiro atoms. The number of aromatic amines is 1. The van der Waals surface area contributed by atoms with Gasteiger partial charge in [0.15, 0.2) is 0 Å². The highest BCUT2D eigenvalue weighted by atomic mass is 35.5. The molecule has 0 unspecified atom stereocenters. The zero-order chi connectivity index (χ0) is 15.0. The molecule has 0 fully saturated rings. The van der Waals surface area contributed by atoms with Crippen molar-refractivity contribution in [3.63, 3.8) is 0 Å². The monoisotopic (exact) mass is 327 g/mol. The number of rotatable bonds is 3. The Morgan fingerprint density at radius 1 is 1.43 bits per heavy atom. The Morgan fingerprint density at radius 3 is 2.90 bits per heavy atom. The third kappa shape index (κ3) is 3.07. The second kappa shape index (κ2) is 5.36. The molecule has 0 bridgehead atoms. The molecule has 7 nitrogen and oxygen atoms in total. The molecular formula is C12H14ClN5O2S. The summed E-state index contributed by atoms with van der Waals surface area (Å²) in [5.74, 6) is 0. The number of nitrogens with zero attached hydrogens (tertiary/aromatic N) is 4. The third-order valence-electron chi connectivity index (χ3n) is 3.37. The molecule has 1 aliphatic heterocycles. The van der Waals surface area contributed by atoms with Gasteiger partial charge in [-0.1, -0.05) is 11.6 Å². The Hall–Kier alpha value is -1.51. The van der Waals surface area contributed by atoms with Crippen LogP contribution in [-0.4, -0.2) is 46.3 Å². The molecule has 9 heteroatoms. The molecule has 2 aromatic heterocycles. The topological polar surface area (TPSA) is 91.8 Å². The number of sulfone groups is 1. The maximum absolute atomic E-state index is 11.5. The minimum atomic E-state index is -3.36. The lowest BCUT2D eigenvalue weighted by Crippen LogP contribution is -2.31. The number of fused-ring (bicyclic) bond motifs is 1. The average molecular weight is 328 g/mol. The zero-order valence-electron chi connectivity index (χ0n) is 11.4. The summed E-state index contributed by atoms with van der Waals surface area (Å²) < 4.78 is 22.9. The van der Waals surface area contributed by atoms with Crippen LogP contribution in [0.1, 0.15) is 17.0 Å². The Balaban J connectivity index is 1.79. The fourth-order valence-corrected chi connectivity index (χ4v) is 2.97. The highest BCUT2D eigenvalue weighted by molar-refractivity contribution is 7.90. The van der Waals surface area contributed by atoms with Crippen LogP contribution < -0.4 is 0 Å². The lowest BCUT2D eigenvalue weighted by atomic mass is 10.1. The fourth-order valence-electron chi connectivity index (χ4n) is 2.30. The lowest BCUT2D eigenvalue weighted by molar-refractivity contribution is 0.239. The smallest absolute Gasteiger partial charge is 0.246 e. The predicted molar refractivity (Wildman–Crippen MR) is 76.6 cm³/mol. The lowest BCUT2D eigenvalue weighted by Gasteiger charge is -2.27. The molecule has 0 aromatic carbocycles. The Kier molecular flexibility index (Phi) is 3.68. The van der Waals surface area contributed by atoms with E-state index in [0.29, 0.717) is 24.5 Å². The summed E-state index contributed by atoms with van der Waals surface area (Å²) >= 11 is 6.02. The van der Waals surface area contributed by atoms with Gasteiger partial charge in [-0.2, -0.15) is 5.10 Å². The number of halogens is 1. The summed E-state index contributed by atoms with van der Waals surface area (Å²) in [6, 6.07) is 0. The quantitative estimate of drug-likeness (QED) is 0.839. The highest BCUT2D eigenvalue weighted by Crippen LogP contribution is 2.21. The van der Waals surface area contributed by atoms with Gasteiger partial charge in [0, 0.05) is 44.1 Å². The van der Waals surface area contributed by atoms with E-state index in [4.69, 9.17) is 11.6 Å². The summed E-state index contributed by atoms with van der Waals surface area (Å²) in [5.41, 5.74) is 2.62. The summed E-state index contributed by atoms with van der Waals surface area (Å²) in [4.78, 5) is 10.3. The van der Waals surface area contributed by atoms with Crippen molar-refractivity contribution in [2.45, 2.75) is 24.7 Å². The summed E-state index contributed by atoms with van der Waals surface area (Å²) in [5, 5.41) is 7.28. The molecule has 3 heterocycles. The van der Waals surface area contributed by atoms with E-state index in [-0.39, 0.29) is 5.16 Å². The molecule has 21 heavy (non-hydrogen) atoms. The Bertz CT molecular complexity index is 774. The van der Waals surface area contributed by atoms with Crippen molar-refractivity contribution >= 4 is 21.4 Å². The van der Waals surface area contributed by atoms with Crippen LogP contribution in [0.4, 0.5) is 0 Å². The van der Waals surface area contributed by atoms with Crippen LogP contribution in [0.25, 0.3) is 0 Å². The third-order valence-corrected chi connectivity index (χ3v) is 4.56. The molecule has 1 N–H and O–H groups in total. The summed E-state index contributed by atoms with van der Waals surface area (Å²) in [7, 11) is -3.36. The maximum atomic E-state index is 11.5. The van der Waals surface area contributed by atoms with Gasteiger partial charge in [-0.3, -0.25) is 10.00 Å². The zero-order valence-corrected chi connectivity index (χ0v) is 12.9. The van der Waals surface area contributed by atoms with Crippen molar-refractivity contribution in [1.29, 1.82) is 0 Å².